The van der Waals surface area contributed by atoms with Crippen LogP contribution in [0.2, 0.25) is 0 Å². The van der Waals surface area contributed by atoms with Crippen LogP contribution in [0.25, 0.3) is 0 Å². The van der Waals surface area contributed by atoms with Crippen molar-refractivity contribution in [1.29, 1.82) is 0 Å². The second-order valence-electron chi connectivity index (χ2n) is 4.41. The molecule has 0 radical (unpaired) electrons. The fourth-order valence-corrected chi connectivity index (χ4v) is 1.97. The third-order valence-electron chi connectivity index (χ3n) is 3.06. The average Bonchev–Trinajstić information content (AvgIpc) is 2.53. The van der Waals surface area contributed by atoms with Crippen LogP contribution in [0.5, 0.6) is 0 Å². The lowest BCUT2D eigenvalue weighted by Gasteiger charge is -2.18. The fraction of sp³-hybridized carbons (Fsp3) is 0.267. The first kappa shape index (κ1) is 14.1. The van der Waals surface area contributed by atoms with E-state index >= 15 is 0 Å². The summed E-state index contributed by atoms with van der Waals surface area (Å²) in [7, 11) is 0. The first-order chi connectivity index (χ1) is 9.74. The maximum atomic E-state index is 12.1. The Balaban J connectivity index is 2.14. The number of carbonyl (C=O) groups is 1. The average molecular weight is 271 g/mol. The Morgan fingerprint density at radius 2 is 2.05 bits per heavy atom. The Kier molecular flexibility index (Phi) is 4.79. The highest BCUT2D eigenvalue weighted by Crippen LogP contribution is 2.17. The summed E-state index contributed by atoms with van der Waals surface area (Å²) >= 11 is 0. The molecule has 0 spiro atoms. The van der Waals surface area contributed by atoms with E-state index in [2.05, 4.69) is 15.3 Å². The van der Waals surface area contributed by atoms with Crippen LogP contribution in [0.1, 0.15) is 41.0 Å². The summed E-state index contributed by atoms with van der Waals surface area (Å²) in [6.07, 6.45) is 5.58. The van der Waals surface area contributed by atoms with Gasteiger partial charge in [0, 0.05) is 24.2 Å². The number of pyridine rings is 2. The van der Waals surface area contributed by atoms with Crippen molar-refractivity contribution in [2.24, 2.45) is 0 Å². The molecule has 5 heteroatoms. The number of rotatable bonds is 5. The third-order valence-corrected chi connectivity index (χ3v) is 3.06. The van der Waals surface area contributed by atoms with Gasteiger partial charge >= 0.3 is 0 Å². The minimum atomic E-state index is -0.137. The standard InChI is InChI=1S/C15H17N3O2/c1-2-14(12-5-8-17-13(9-12)10-19)18-15(20)11-3-6-16-7-4-11/h3-9,14,19H,2,10H2,1H3,(H,18,20)/t14-/m0/s1. The molecular formula is C15H17N3O2. The molecule has 0 aliphatic carbocycles. The van der Waals surface area contributed by atoms with E-state index in [1.807, 2.05) is 13.0 Å². The van der Waals surface area contributed by atoms with Crippen LogP contribution in [-0.2, 0) is 6.61 Å². The molecule has 0 aromatic carbocycles. The Hall–Kier alpha value is -2.27. The minimum Gasteiger partial charge on any atom is -0.390 e. The van der Waals surface area contributed by atoms with Crippen LogP contribution in [-0.4, -0.2) is 21.0 Å². The lowest BCUT2D eigenvalue weighted by atomic mass is 10.0. The van der Waals surface area contributed by atoms with E-state index in [0.717, 1.165) is 12.0 Å². The predicted molar refractivity (Wildman–Crippen MR) is 74.9 cm³/mol. The lowest BCUT2D eigenvalue weighted by Crippen LogP contribution is -2.28. The summed E-state index contributed by atoms with van der Waals surface area (Å²) < 4.78 is 0. The monoisotopic (exact) mass is 271 g/mol. The molecule has 2 aromatic rings. The largest absolute Gasteiger partial charge is 0.390 e. The van der Waals surface area contributed by atoms with Gasteiger partial charge in [0.15, 0.2) is 0 Å². The van der Waals surface area contributed by atoms with E-state index in [4.69, 9.17) is 5.11 Å². The molecule has 0 saturated heterocycles. The van der Waals surface area contributed by atoms with Crippen molar-refractivity contribution in [1.82, 2.24) is 15.3 Å². The number of nitrogens with zero attached hydrogens (tertiary/aromatic N) is 2. The van der Waals surface area contributed by atoms with Gasteiger partial charge in [0.1, 0.15) is 0 Å². The number of amides is 1. The van der Waals surface area contributed by atoms with E-state index in [1.165, 1.54) is 0 Å². The van der Waals surface area contributed by atoms with Crippen LogP contribution < -0.4 is 5.32 Å². The van der Waals surface area contributed by atoms with Gasteiger partial charge in [0.2, 0.25) is 0 Å². The van der Waals surface area contributed by atoms with Crippen molar-refractivity contribution in [2.45, 2.75) is 26.0 Å². The van der Waals surface area contributed by atoms with Crippen LogP contribution in [0.4, 0.5) is 0 Å². The summed E-state index contributed by atoms with van der Waals surface area (Å²) in [5.41, 5.74) is 2.11. The summed E-state index contributed by atoms with van der Waals surface area (Å²) in [6.45, 7) is 1.89. The number of nitrogens with one attached hydrogen (secondary N) is 1. The van der Waals surface area contributed by atoms with Gasteiger partial charge in [-0.3, -0.25) is 14.8 Å². The Morgan fingerprint density at radius 1 is 1.30 bits per heavy atom. The van der Waals surface area contributed by atoms with Crippen molar-refractivity contribution in [3.8, 4) is 0 Å². The van der Waals surface area contributed by atoms with Gasteiger partial charge in [0.05, 0.1) is 18.3 Å². The molecule has 0 saturated carbocycles. The molecule has 0 bridgehead atoms. The van der Waals surface area contributed by atoms with E-state index in [9.17, 15) is 4.79 Å². The third kappa shape index (κ3) is 3.39. The minimum absolute atomic E-state index is 0.107. The van der Waals surface area contributed by atoms with Crippen LogP contribution in [0.3, 0.4) is 0 Å². The highest BCUT2D eigenvalue weighted by atomic mass is 16.3. The molecule has 2 N–H and O–H groups in total. The molecule has 20 heavy (non-hydrogen) atoms. The number of hydrogen-bond donors (Lipinski definition) is 2. The number of aliphatic hydroxyl groups is 1. The van der Waals surface area contributed by atoms with Gasteiger partial charge in [-0.1, -0.05) is 6.92 Å². The van der Waals surface area contributed by atoms with Crippen molar-refractivity contribution in [3.05, 3.63) is 59.7 Å². The Bertz CT molecular complexity index is 572. The highest BCUT2D eigenvalue weighted by molar-refractivity contribution is 5.94. The van der Waals surface area contributed by atoms with Gasteiger partial charge in [0.25, 0.3) is 5.91 Å². The quantitative estimate of drug-likeness (QED) is 0.870. The summed E-state index contributed by atoms with van der Waals surface area (Å²) in [4.78, 5) is 20.1. The second-order valence-corrected chi connectivity index (χ2v) is 4.41. The molecule has 1 amide bonds. The van der Waals surface area contributed by atoms with Gasteiger partial charge in [-0.05, 0) is 36.2 Å². The number of aromatic nitrogens is 2. The van der Waals surface area contributed by atoms with Gasteiger partial charge in [-0.25, -0.2) is 0 Å². The van der Waals surface area contributed by atoms with Crippen molar-refractivity contribution in [3.63, 3.8) is 0 Å². The van der Waals surface area contributed by atoms with E-state index < -0.39 is 0 Å². The number of carbonyl (C=O) groups excluding carboxylic acids is 1. The maximum Gasteiger partial charge on any atom is 0.251 e. The SMILES string of the molecule is CC[C@H](NC(=O)c1ccncc1)c1ccnc(CO)c1. The van der Waals surface area contributed by atoms with Gasteiger partial charge in [-0.15, -0.1) is 0 Å². The molecule has 0 unspecified atom stereocenters. The van der Waals surface area contributed by atoms with E-state index in [-0.39, 0.29) is 18.6 Å². The lowest BCUT2D eigenvalue weighted by molar-refractivity contribution is 0.0935. The maximum absolute atomic E-state index is 12.1. The highest BCUT2D eigenvalue weighted by Gasteiger charge is 2.14. The zero-order valence-electron chi connectivity index (χ0n) is 11.3. The van der Waals surface area contributed by atoms with Crippen LogP contribution in [0, 0.1) is 0 Å². The first-order valence-electron chi connectivity index (χ1n) is 6.51. The van der Waals surface area contributed by atoms with Gasteiger partial charge in [-0.2, -0.15) is 0 Å². The second kappa shape index (κ2) is 6.77. The topological polar surface area (TPSA) is 75.1 Å². The first-order valence-corrected chi connectivity index (χ1v) is 6.51. The number of hydrogen-bond acceptors (Lipinski definition) is 4. The molecule has 2 aromatic heterocycles. The zero-order chi connectivity index (χ0) is 14.4. The van der Waals surface area contributed by atoms with E-state index in [0.29, 0.717) is 11.3 Å². The predicted octanol–water partition coefficient (Wildman–Crippen LogP) is 1.85. The fourth-order valence-electron chi connectivity index (χ4n) is 1.97. The normalized spacial score (nSPS) is 11.9. The molecule has 0 fully saturated rings. The van der Waals surface area contributed by atoms with E-state index in [1.54, 1.807) is 36.8 Å². The Labute approximate surface area is 117 Å². The molecule has 0 aliphatic rings. The van der Waals surface area contributed by atoms with Crippen LogP contribution in [0.15, 0.2) is 42.9 Å². The molecule has 1 atom stereocenters. The summed E-state index contributed by atoms with van der Waals surface area (Å²) in [5, 5.41) is 12.1. The molecule has 2 heterocycles. The molecule has 104 valence electrons. The van der Waals surface area contributed by atoms with Crippen molar-refractivity contribution >= 4 is 5.91 Å². The van der Waals surface area contributed by atoms with Crippen molar-refractivity contribution < 1.29 is 9.90 Å². The van der Waals surface area contributed by atoms with Gasteiger partial charge < -0.3 is 10.4 Å². The molecular weight excluding hydrogens is 254 g/mol. The number of aliphatic hydroxyl groups excluding tert-OH is 1. The summed E-state index contributed by atoms with van der Waals surface area (Å²) in [6, 6.07) is 6.90. The summed E-state index contributed by atoms with van der Waals surface area (Å²) in [5.74, 6) is -0.137. The molecule has 0 aliphatic heterocycles. The molecule has 5 nitrogen and oxygen atoms in total. The zero-order valence-corrected chi connectivity index (χ0v) is 11.3. The van der Waals surface area contributed by atoms with Crippen molar-refractivity contribution in [2.75, 3.05) is 0 Å². The smallest absolute Gasteiger partial charge is 0.251 e. The Morgan fingerprint density at radius 3 is 2.70 bits per heavy atom. The molecule has 2 rings (SSSR count). The van der Waals surface area contributed by atoms with Crippen LogP contribution >= 0.6 is 0 Å².